The molecule has 5 aliphatic rings. The molecular weight excluding hydrogens is 713 g/mol. The number of aromatic hydroxyl groups is 1. The number of carbonyl (C=O) groups excluding carboxylic acids is 2. The molecular formula is C47H56N6O4. The van der Waals surface area contributed by atoms with Crippen LogP contribution in [0.4, 0.5) is 11.4 Å². The summed E-state index contributed by atoms with van der Waals surface area (Å²) in [4.78, 5) is 31.8. The predicted molar refractivity (Wildman–Crippen MR) is 226 cm³/mol. The molecule has 1 atom stereocenters. The zero-order valence-electron chi connectivity index (χ0n) is 33.2. The lowest BCUT2D eigenvalue weighted by Crippen LogP contribution is -2.52. The Hall–Kier alpha value is -5.35. The Kier molecular flexibility index (Phi) is 11.8. The number of para-hydroxylation sites is 1. The van der Waals surface area contributed by atoms with Crippen LogP contribution in [0.2, 0.25) is 0 Å². The number of nitrogens with one attached hydrogen (secondary N) is 1. The van der Waals surface area contributed by atoms with Gasteiger partial charge in [0.1, 0.15) is 17.5 Å². The fourth-order valence-corrected chi connectivity index (χ4v) is 9.48. The first-order chi connectivity index (χ1) is 27.8. The number of nitrogens with zero attached hydrogens (tertiary/aromatic N) is 5. The van der Waals surface area contributed by atoms with Gasteiger partial charge >= 0.3 is 0 Å². The van der Waals surface area contributed by atoms with Gasteiger partial charge in [0.2, 0.25) is 5.91 Å². The first-order valence-corrected chi connectivity index (χ1v) is 20.9. The molecule has 10 nitrogen and oxygen atoms in total. The van der Waals surface area contributed by atoms with E-state index in [0.717, 1.165) is 73.9 Å². The van der Waals surface area contributed by atoms with Crippen molar-refractivity contribution < 1.29 is 19.4 Å². The topological polar surface area (TPSA) is 103 Å². The molecule has 4 aliphatic heterocycles. The summed E-state index contributed by atoms with van der Waals surface area (Å²) >= 11 is 0. The second-order valence-electron chi connectivity index (χ2n) is 16.5. The van der Waals surface area contributed by atoms with Gasteiger partial charge in [0.05, 0.1) is 17.8 Å². The molecule has 5 aromatic rings. The first kappa shape index (κ1) is 38.5. The van der Waals surface area contributed by atoms with Crippen LogP contribution in [-0.4, -0.2) is 84.0 Å². The lowest BCUT2D eigenvalue weighted by Gasteiger charge is -2.54. The highest BCUT2D eigenvalue weighted by molar-refractivity contribution is 6.00. The van der Waals surface area contributed by atoms with Crippen LogP contribution in [0.3, 0.4) is 0 Å². The lowest BCUT2D eigenvalue weighted by molar-refractivity contribution is -0.135. The normalized spacial score (nSPS) is 20.6. The standard InChI is InChI=1S/C32H40N6O2.C9H10O2.C6H6/c1-23-27-19-26(7-8-28(27)38(34-23)29-9-10-30(39)33-31(29)40)37-17-15-35(16-18-37)22-24-20-32(21-24)11-13-36(14-12-32)25-5-3-2-4-6-25;10-8-4-3-7-2-1-5-11-9(7)6-8;1-2-4-6-5-3-1/h2-8,19,24,29H,9-18,20-22H2,1H3,(H,33,39,40);3-4,6,10H,1-2,5H2;1-6H. The van der Waals surface area contributed by atoms with Gasteiger partial charge in [0, 0.05) is 75.1 Å². The summed E-state index contributed by atoms with van der Waals surface area (Å²) in [7, 11) is 0. The first-order valence-electron chi connectivity index (χ1n) is 20.9. The number of benzene rings is 4. The number of imide groups is 1. The van der Waals surface area contributed by atoms with Crippen LogP contribution < -0.4 is 19.9 Å². The summed E-state index contributed by atoms with van der Waals surface area (Å²) in [6.45, 7) is 10.7. The Morgan fingerprint density at radius 2 is 1.47 bits per heavy atom. The van der Waals surface area contributed by atoms with Crippen molar-refractivity contribution in [2.24, 2.45) is 11.3 Å². The number of rotatable bonds is 5. The number of ether oxygens (including phenoxy) is 1. The van der Waals surface area contributed by atoms with E-state index in [2.05, 4.69) is 68.5 Å². The summed E-state index contributed by atoms with van der Waals surface area (Å²) in [5.41, 5.74) is 6.29. The Balaban J connectivity index is 0.000000219. The maximum absolute atomic E-state index is 12.5. The van der Waals surface area contributed by atoms with E-state index in [-0.39, 0.29) is 17.6 Å². The molecule has 1 saturated carbocycles. The van der Waals surface area contributed by atoms with Gasteiger partial charge in [0.15, 0.2) is 0 Å². The summed E-state index contributed by atoms with van der Waals surface area (Å²) in [6, 6.07) is 34.3. The van der Waals surface area contributed by atoms with E-state index >= 15 is 0 Å². The van der Waals surface area contributed by atoms with Crippen molar-refractivity contribution in [3.05, 3.63) is 114 Å². The quantitative estimate of drug-likeness (QED) is 0.177. The Labute approximate surface area is 336 Å². The number of hydrogen-bond donors (Lipinski definition) is 2. The smallest absolute Gasteiger partial charge is 0.251 e. The largest absolute Gasteiger partial charge is 0.508 e. The van der Waals surface area contributed by atoms with Crippen molar-refractivity contribution in [3.8, 4) is 11.5 Å². The van der Waals surface area contributed by atoms with Crippen molar-refractivity contribution in [3.63, 3.8) is 0 Å². The highest BCUT2D eigenvalue weighted by Gasteiger charge is 2.46. The summed E-state index contributed by atoms with van der Waals surface area (Å²) in [5, 5.41) is 17.4. The van der Waals surface area contributed by atoms with Crippen LogP contribution >= 0.6 is 0 Å². The van der Waals surface area contributed by atoms with E-state index in [0.29, 0.717) is 18.3 Å². The van der Waals surface area contributed by atoms with Crippen molar-refractivity contribution in [1.82, 2.24) is 20.0 Å². The van der Waals surface area contributed by atoms with E-state index in [1.165, 1.54) is 62.3 Å². The second-order valence-corrected chi connectivity index (χ2v) is 16.5. The minimum atomic E-state index is -0.426. The number of aryl methyl sites for hydroxylation is 2. The summed E-state index contributed by atoms with van der Waals surface area (Å²) in [5.74, 6) is 1.53. The summed E-state index contributed by atoms with van der Waals surface area (Å²) in [6.07, 6.45) is 8.49. The molecule has 3 saturated heterocycles. The Morgan fingerprint density at radius 1 is 0.789 bits per heavy atom. The van der Waals surface area contributed by atoms with Crippen LogP contribution in [0.25, 0.3) is 10.9 Å². The second kappa shape index (κ2) is 17.4. The fourth-order valence-electron chi connectivity index (χ4n) is 9.48. The minimum Gasteiger partial charge on any atom is -0.508 e. The Bertz CT molecular complexity index is 2090. The molecule has 1 unspecified atom stereocenters. The van der Waals surface area contributed by atoms with Crippen molar-refractivity contribution in [2.75, 3.05) is 62.2 Å². The average molecular weight is 769 g/mol. The molecule has 57 heavy (non-hydrogen) atoms. The third-order valence-electron chi connectivity index (χ3n) is 12.6. The van der Waals surface area contributed by atoms with E-state index in [9.17, 15) is 9.59 Å². The van der Waals surface area contributed by atoms with Gasteiger partial charge in [-0.25, -0.2) is 0 Å². The highest BCUT2D eigenvalue weighted by Crippen LogP contribution is 2.53. The van der Waals surface area contributed by atoms with Gasteiger partial charge in [-0.2, -0.15) is 5.10 Å². The van der Waals surface area contributed by atoms with E-state index in [1.54, 1.807) is 12.1 Å². The van der Waals surface area contributed by atoms with Crippen LogP contribution in [0.5, 0.6) is 11.5 Å². The molecule has 4 aromatic carbocycles. The number of carbonyl (C=O) groups is 2. The van der Waals surface area contributed by atoms with E-state index < -0.39 is 6.04 Å². The molecule has 10 rings (SSSR count). The maximum Gasteiger partial charge on any atom is 0.251 e. The maximum atomic E-state index is 12.5. The van der Waals surface area contributed by atoms with Gasteiger partial charge in [-0.05, 0) is 105 Å². The van der Waals surface area contributed by atoms with Crippen molar-refractivity contribution in [2.45, 2.75) is 64.3 Å². The summed E-state index contributed by atoms with van der Waals surface area (Å²) < 4.78 is 7.15. The molecule has 2 N–H and O–H groups in total. The molecule has 2 amide bonds. The number of piperazine rings is 1. The molecule has 5 heterocycles. The SMILES string of the molecule is Cc1nn(C2CCC(=O)NC2=O)c2ccc(N3CCN(CC4CC5(CCN(c6ccccc6)CC5)C4)CC3)cc12.Oc1ccc2c(c1)OCCC2.c1ccccc1. The zero-order valence-corrected chi connectivity index (χ0v) is 33.2. The van der Waals surface area contributed by atoms with E-state index in [1.807, 2.05) is 54.1 Å². The lowest BCUT2D eigenvalue weighted by atomic mass is 9.57. The van der Waals surface area contributed by atoms with Gasteiger partial charge in [0.25, 0.3) is 5.91 Å². The van der Waals surface area contributed by atoms with Crippen LogP contribution in [-0.2, 0) is 16.0 Å². The third-order valence-corrected chi connectivity index (χ3v) is 12.6. The van der Waals surface area contributed by atoms with Gasteiger partial charge in [-0.3, -0.25) is 24.5 Å². The third kappa shape index (κ3) is 9.12. The minimum absolute atomic E-state index is 0.197. The molecule has 4 fully saturated rings. The van der Waals surface area contributed by atoms with Crippen LogP contribution in [0.1, 0.15) is 62.2 Å². The van der Waals surface area contributed by atoms with E-state index in [4.69, 9.17) is 14.9 Å². The molecule has 1 aliphatic carbocycles. The molecule has 10 heteroatoms. The number of amides is 2. The van der Waals surface area contributed by atoms with Crippen molar-refractivity contribution >= 4 is 34.1 Å². The van der Waals surface area contributed by atoms with Crippen LogP contribution in [0.15, 0.2) is 103 Å². The monoisotopic (exact) mass is 768 g/mol. The molecule has 1 aromatic heterocycles. The number of phenols is 1. The molecule has 1 spiro atoms. The number of fused-ring (bicyclic) bond motifs is 2. The van der Waals surface area contributed by atoms with Crippen molar-refractivity contribution in [1.29, 1.82) is 0 Å². The highest BCUT2D eigenvalue weighted by atomic mass is 16.5. The molecule has 0 bridgehead atoms. The molecule has 0 radical (unpaired) electrons. The number of anilines is 2. The van der Waals surface area contributed by atoms with Gasteiger partial charge < -0.3 is 19.6 Å². The number of hydrogen-bond acceptors (Lipinski definition) is 8. The average Bonchev–Trinajstić information content (AvgIpc) is 3.57. The number of piperidine rings is 2. The van der Waals surface area contributed by atoms with Gasteiger partial charge in [-0.15, -0.1) is 0 Å². The predicted octanol–water partition coefficient (Wildman–Crippen LogP) is 7.55. The van der Waals surface area contributed by atoms with Gasteiger partial charge in [-0.1, -0.05) is 60.7 Å². The fraction of sp³-hybridized carbons (Fsp3) is 0.426. The molecule has 298 valence electrons. The van der Waals surface area contributed by atoms with Crippen LogP contribution in [0, 0.1) is 18.3 Å². The number of aromatic nitrogens is 2. The number of phenolic OH excluding ortho intramolecular Hbond substituents is 1. The Morgan fingerprint density at radius 3 is 2.18 bits per heavy atom. The zero-order chi connectivity index (χ0) is 39.2.